The Bertz CT molecular complexity index is 2170. The topological polar surface area (TPSA) is 201 Å². The van der Waals surface area contributed by atoms with Crippen LogP contribution in [0.5, 0.6) is 0 Å². The molecule has 314 valence electrons. The molecular weight excluding hydrogens is 762 g/mol. The summed E-state index contributed by atoms with van der Waals surface area (Å²) in [5.74, 6) is -5.84. The molecule has 1 amide bonds. The number of Topliss-reactive ketones (excluding diaryl/α,β-unsaturated/α-hetero) is 1. The van der Waals surface area contributed by atoms with E-state index >= 15 is 4.79 Å². The molecule has 4 bridgehead atoms. The van der Waals surface area contributed by atoms with Crippen LogP contribution >= 0.6 is 0 Å². The molecule has 14 heteroatoms. The van der Waals surface area contributed by atoms with Gasteiger partial charge in [0, 0.05) is 42.9 Å². The molecular formula is C45H51NO13. The van der Waals surface area contributed by atoms with Gasteiger partial charge in [-0.05, 0) is 54.5 Å². The first-order valence-corrected chi connectivity index (χ1v) is 20.2. The van der Waals surface area contributed by atoms with Gasteiger partial charge >= 0.3 is 23.9 Å². The zero-order valence-corrected chi connectivity index (χ0v) is 34.2. The van der Waals surface area contributed by atoms with Gasteiger partial charge < -0.3 is 39.2 Å². The highest BCUT2D eigenvalue weighted by Crippen LogP contribution is 2.82. The van der Waals surface area contributed by atoms with Crippen molar-refractivity contribution < 1.29 is 62.7 Å². The number of esters is 4. The molecule has 2 aromatic carbocycles. The number of ether oxygens (including phenoxy) is 5. The molecule has 5 saturated carbocycles. The van der Waals surface area contributed by atoms with Crippen molar-refractivity contribution in [3.8, 4) is 0 Å². The van der Waals surface area contributed by atoms with Crippen molar-refractivity contribution in [2.75, 3.05) is 6.61 Å². The molecule has 14 nitrogen and oxygen atoms in total. The number of carbonyl (C=O) groups excluding carboxylic acids is 6. The zero-order chi connectivity index (χ0) is 42.7. The number of amides is 1. The van der Waals surface area contributed by atoms with Gasteiger partial charge in [-0.2, -0.15) is 0 Å². The van der Waals surface area contributed by atoms with Gasteiger partial charge in [0.2, 0.25) is 5.91 Å². The van der Waals surface area contributed by atoms with Crippen LogP contribution in [-0.2, 0) is 47.7 Å². The lowest BCUT2D eigenvalue weighted by molar-refractivity contribution is -0.388. The molecule has 9 rings (SSSR count). The Morgan fingerprint density at radius 2 is 1.56 bits per heavy atom. The fraction of sp³-hybridized carbons (Fsp3) is 0.556. The summed E-state index contributed by atoms with van der Waals surface area (Å²) in [6.07, 6.45) is -5.41. The molecule has 0 unspecified atom stereocenters. The SMILES string of the molecule is CC(=O)O[C@H]1C(=O)[C@]23C[C@H]2C[C@H]2OC[C@@]2(OC(C)=O)[C@H]3[C@]2(OC(=O)c3ccccc3)C[C@@]3(C)C1=C(C)[C@@H](OC(=O)[C@H](O)[C@@H](NC(=O)C(C)(C)C)c1ccccc1)C[C@]32O. The predicted molar refractivity (Wildman–Crippen MR) is 206 cm³/mol. The van der Waals surface area contributed by atoms with Crippen LogP contribution in [0, 0.1) is 28.1 Å². The van der Waals surface area contributed by atoms with Crippen LogP contribution in [0.4, 0.5) is 0 Å². The second-order valence-electron chi connectivity index (χ2n) is 18.6. The van der Waals surface area contributed by atoms with Crippen LogP contribution in [-0.4, -0.2) is 93.6 Å². The van der Waals surface area contributed by atoms with Crippen molar-refractivity contribution in [2.45, 2.75) is 121 Å². The number of benzene rings is 2. The molecule has 1 aliphatic heterocycles. The van der Waals surface area contributed by atoms with E-state index in [9.17, 15) is 34.2 Å². The molecule has 1 spiro atoms. The summed E-state index contributed by atoms with van der Waals surface area (Å²) in [6, 6.07) is 15.4. The minimum atomic E-state index is -2.15. The highest BCUT2D eigenvalue weighted by atomic mass is 16.6. The predicted octanol–water partition coefficient (Wildman–Crippen LogP) is 3.86. The normalized spacial score (nSPS) is 37.2. The number of hydrogen-bond acceptors (Lipinski definition) is 13. The van der Waals surface area contributed by atoms with Gasteiger partial charge in [0.05, 0.1) is 24.1 Å². The number of hydrogen-bond donors (Lipinski definition) is 3. The fourth-order valence-electron chi connectivity index (χ4n) is 11.5. The monoisotopic (exact) mass is 813 g/mol. The van der Waals surface area contributed by atoms with Crippen molar-refractivity contribution in [1.29, 1.82) is 0 Å². The molecule has 0 radical (unpaired) electrons. The Morgan fingerprint density at radius 1 is 0.915 bits per heavy atom. The standard InChI is InChI=1S/C45H51NO13/c1-23-29(57-37(52)33(49)32(26-14-10-8-11-15-26)46-39(53)40(4,5)6)20-45(54)41(7)21-44(45,59-36(51)27-16-12-9-13-17-27)38-42(35(50)34(31(23)41)56-24(2)47)19-28(42)18-30-43(38,22-55-30)58-25(3)48/h8-17,28-30,32-34,38,49,54H,18-22H2,1-7H3,(H,46,53)/t28-,29+,30-,32+,33-,34-,38+,41+,42+,43+,44-,45+/m1/s1. The van der Waals surface area contributed by atoms with Gasteiger partial charge in [0.25, 0.3) is 0 Å². The van der Waals surface area contributed by atoms with Gasteiger partial charge in [-0.15, -0.1) is 0 Å². The quantitative estimate of drug-likeness (QED) is 0.188. The number of aliphatic hydroxyl groups is 2. The van der Waals surface area contributed by atoms with Gasteiger partial charge in [-0.3, -0.25) is 19.2 Å². The number of aliphatic hydroxyl groups excluding tert-OH is 1. The van der Waals surface area contributed by atoms with E-state index in [1.54, 1.807) is 95.3 Å². The van der Waals surface area contributed by atoms with Crippen LogP contribution in [0.15, 0.2) is 71.8 Å². The number of fused-ring (bicyclic) bond motifs is 2. The Balaban J connectivity index is 1.28. The van der Waals surface area contributed by atoms with Gasteiger partial charge in [0.15, 0.2) is 29.2 Å². The summed E-state index contributed by atoms with van der Waals surface area (Å²) in [4.78, 5) is 83.2. The molecule has 1 heterocycles. The molecule has 12 atom stereocenters. The first-order valence-electron chi connectivity index (χ1n) is 20.2. The Hall–Kier alpha value is -4.92. The van der Waals surface area contributed by atoms with Crippen molar-refractivity contribution >= 4 is 35.6 Å². The minimum absolute atomic E-state index is 0.0696. The smallest absolute Gasteiger partial charge is 0.338 e. The lowest BCUT2D eigenvalue weighted by Gasteiger charge is -2.76. The lowest BCUT2D eigenvalue weighted by Crippen LogP contribution is -2.89. The van der Waals surface area contributed by atoms with E-state index in [0.717, 1.165) is 0 Å². The third kappa shape index (κ3) is 5.76. The van der Waals surface area contributed by atoms with Crippen molar-refractivity contribution in [1.82, 2.24) is 5.32 Å². The number of nitrogens with one attached hydrogen (secondary N) is 1. The highest BCUT2D eigenvalue weighted by molar-refractivity contribution is 5.98. The largest absolute Gasteiger partial charge is 0.456 e. The van der Waals surface area contributed by atoms with E-state index in [1.807, 2.05) is 0 Å². The minimum Gasteiger partial charge on any atom is -0.456 e. The first kappa shape index (κ1) is 40.8. The summed E-state index contributed by atoms with van der Waals surface area (Å²) < 4.78 is 31.0. The Morgan fingerprint density at radius 3 is 2.14 bits per heavy atom. The Labute approximate surface area is 341 Å². The number of carbonyl (C=O) groups is 6. The average Bonchev–Trinajstić information content (AvgIpc) is 3.90. The molecule has 2 aromatic rings. The van der Waals surface area contributed by atoms with E-state index in [-0.39, 0.29) is 42.9 Å². The van der Waals surface area contributed by atoms with E-state index < -0.39 is 105 Å². The number of ketones is 1. The van der Waals surface area contributed by atoms with Gasteiger partial charge in [-0.1, -0.05) is 76.2 Å². The molecule has 6 aliphatic carbocycles. The molecule has 0 aromatic heterocycles. The van der Waals surface area contributed by atoms with E-state index in [1.165, 1.54) is 13.8 Å². The third-order valence-corrected chi connectivity index (χ3v) is 14.2. The fourth-order valence-corrected chi connectivity index (χ4v) is 11.5. The molecule has 59 heavy (non-hydrogen) atoms. The van der Waals surface area contributed by atoms with E-state index in [4.69, 9.17) is 23.7 Å². The summed E-state index contributed by atoms with van der Waals surface area (Å²) >= 11 is 0. The maximum absolute atomic E-state index is 15.5. The van der Waals surface area contributed by atoms with Crippen LogP contribution in [0.1, 0.15) is 96.1 Å². The highest BCUT2D eigenvalue weighted by Gasteiger charge is 2.92. The maximum Gasteiger partial charge on any atom is 0.338 e. The van der Waals surface area contributed by atoms with Crippen molar-refractivity contribution in [3.05, 3.63) is 82.9 Å². The number of rotatable bonds is 9. The zero-order valence-electron chi connectivity index (χ0n) is 34.2. The van der Waals surface area contributed by atoms with Gasteiger partial charge in [-0.25, -0.2) is 9.59 Å². The van der Waals surface area contributed by atoms with Crippen molar-refractivity contribution in [3.63, 3.8) is 0 Å². The van der Waals surface area contributed by atoms with Crippen LogP contribution in [0.2, 0.25) is 0 Å². The van der Waals surface area contributed by atoms with E-state index in [2.05, 4.69) is 5.32 Å². The third-order valence-electron chi connectivity index (χ3n) is 14.2. The summed E-state index contributed by atoms with van der Waals surface area (Å²) in [5.41, 5.74) is -8.17. The summed E-state index contributed by atoms with van der Waals surface area (Å²) in [5, 5.41) is 28.2. The van der Waals surface area contributed by atoms with Crippen molar-refractivity contribution in [2.24, 2.45) is 28.1 Å². The molecule has 6 fully saturated rings. The maximum atomic E-state index is 15.5. The summed E-state index contributed by atoms with van der Waals surface area (Å²) in [7, 11) is 0. The van der Waals surface area contributed by atoms with Gasteiger partial charge in [0.1, 0.15) is 17.8 Å². The van der Waals surface area contributed by atoms with Crippen LogP contribution in [0.3, 0.4) is 0 Å². The molecule has 7 aliphatic rings. The van der Waals surface area contributed by atoms with E-state index in [0.29, 0.717) is 17.6 Å². The summed E-state index contributed by atoms with van der Waals surface area (Å²) in [6.45, 7) is 10.7. The van der Waals surface area contributed by atoms with Crippen LogP contribution < -0.4 is 5.32 Å². The first-order chi connectivity index (χ1) is 27.7. The second-order valence-corrected chi connectivity index (χ2v) is 18.6. The lowest BCUT2D eigenvalue weighted by atomic mass is 9.33. The second kappa shape index (κ2) is 13.5. The molecule has 1 saturated heterocycles. The van der Waals surface area contributed by atoms with Crippen LogP contribution in [0.25, 0.3) is 0 Å². The molecule has 3 N–H and O–H groups in total. The average molecular weight is 814 g/mol. The Kier molecular flexibility index (Phi) is 9.38.